The van der Waals surface area contributed by atoms with Crippen molar-refractivity contribution in [3.63, 3.8) is 0 Å². The van der Waals surface area contributed by atoms with Crippen LogP contribution < -0.4 is 0 Å². The monoisotopic (exact) mass is 789 g/mol. The Morgan fingerprint density at radius 3 is 1.47 bits per heavy atom. The lowest BCUT2D eigenvalue weighted by Crippen LogP contribution is -2.29. The molecule has 0 bridgehead atoms. The zero-order valence-electron chi connectivity index (χ0n) is 33.5. The second kappa shape index (κ2) is 13.4. The molecule has 13 rings (SSSR count). The predicted octanol–water partition coefficient (Wildman–Crippen LogP) is 14.4. The molecule has 2 aliphatic rings. The van der Waals surface area contributed by atoms with Gasteiger partial charge in [-0.15, -0.1) is 0 Å². The van der Waals surface area contributed by atoms with Gasteiger partial charge in [-0.05, 0) is 91.0 Å². The first-order chi connectivity index (χ1) is 30.7. The number of aromatic nitrogens is 3. The average Bonchev–Trinajstić information content (AvgIpc) is 3.84. The molecule has 0 unspecified atom stereocenters. The summed E-state index contributed by atoms with van der Waals surface area (Å²) in [5.41, 5.74) is 18.4. The summed E-state index contributed by atoms with van der Waals surface area (Å²) in [6.45, 7) is 0. The van der Waals surface area contributed by atoms with Crippen molar-refractivity contribution in [1.29, 1.82) is 0 Å². The molecule has 0 atom stereocenters. The zero-order chi connectivity index (χ0) is 40.8. The van der Waals surface area contributed by atoms with Crippen molar-refractivity contribution < 1.29 is 4.42 Å². The van der Waals surface area contributed by atoms with Crippen LogP contribution in [0.5, 0.6) is 0 Å². The molecule has 288 valence electrons. The molecule has 9 aromatic carbocycles. The van der Waals surface area contributed by atoms with Crippen molar-refractivity contribution in [3.8, 4) is 78.7 Å². The zero-order valence-corrected chi connectivity index (χ0v) is 33.5. The third kappa shape index (κ3) is 4.98. The van der Waals surface area contributed by atoms with E-state index < -0.39 is 5.41 Å². The van der Waals surface area contributed by atoms with Crippen LogP contribution in [0.1, 0.15) is 22.3 Å². The summed E-state index contributed by atoms with van der Waals surface area (Å²) in [6.07, 6.45) is 0. The first-order valence-corrected chi connectivity index (χ1v) is 21.1. The van der Waals surface area contributed by atoms with E-state index >= 15 is 0 Å². The van der Waals surface area contributed by atoms with E-state index in [0.717, 1.165) is 55.3 Å². The Kier molecular flexibility index (Phi) is 7.49. The van der Waals surface area contributed by atoms with Crippen LogP contribution in [0.3, 0.4) is 0 Å². The molecule has 62 heavy (non-hydrogen) atoms. The second-order valence-electron chi connectivity index (χ2n) is 16.2. The molecule has 2 heterocycles. The summed E-state index contributed by atoms with van der Waals surface area (Å²) in [4.78, 5) is 16.0. The lowest BCUT2D eigenvalue weighted by atomic mass is 9.66. The van der Waals surface area contributed by atoms with Gasteiger partial charge in [-0.25, -0.2) is 15.0 Å². The summed E-state index contributed by atoms with van der Waals surface area (Å²) in [5, 5.41) is 2.08. The largest absolute Gasteiger partial charge is 0.456 e. The van der Waals surface area contributed by atoms with Gasteiger partial charge in [-0.3, -0.25) is 0 Å². The Bertz CT molecular complexity index is 3520. The molecular formula is C58H35N3O. The quantitative estimate of drug-likeness (QED) is 0.178. The minimum absolute atomic E-state index is 0.600. The highest BCUT2D eigenvalue weighted by Crippen LogP contribution is 2.62. The molecule has 2 aromatic heterocycles. The molecule has 0 aliphatic heterocycles. The van der Waals surface area contributed by atoms with E-state index in [0.29, 0.717) is 17.5 Å². The van der Waals surface area contributed by atoms with Gasteiger partial charge >= 0.3 is 0 Å². The SMILES string of the molecule is c1ccc(-c2ccc(-c3nc(-c4ccc5oc6ccccc6c5c4)nc(-c4cccc5c4-c4ccccc4C54c5ccccc5-c5ccccc5-c5ccccc54)n3)cc2)cc1. The smallest absolute Gasteiger partial charge is 0.164 e. The van der Waals surface area contributed by atoms with Gasteiger partial charge in [-0.2, -0.15) is 0 Å². The third-order valence-electron chi connectivity index (χ3n) is 13.0. The number of fused-ring (bicyclic) bond motifs is 15. The summed E-state index contributed by atoms with van der Waals surface area (Å²) in [7, 11) is 0. The van der Waals surface area contributed by atoms with Gasteiger partial charge in [0.05, 0.1) is 5.41 Å². The predicted molar refractivity (Wildman–Crippen MR) is 251 cm³/mol. The van der Waals surface area contributed by atoms with E-state index in [-0.39, 0.29) is 0 Å². The minimum atomic E-state index is -0.618. The first kappa shape index (κ1) is 34.6. The Morgan fingerprint density at radius 1 is 0.290 bits per heavy atom. The van der Waals surface area contributed by atoms with Gasteiger partial charge in [0.1, 0.15) is 11.2 Å². The van der Waals surface area contributed by atoms with E-state index in [1.54, 1.807) is 0 Å². The number of hydrogen-bond donors (Lipinski definition) is 0. The van der Waals surface area contributed by atoms with Crippen LogP contribution in [0.25, 0.3) is 101 Å². The highest BCUT2D eigenvalue weighted by Gasteiger charge is 2.50. The van der Waals surface area contributed by atoms with Crippen LogP contribution in [0, 0.1) is 0 Å². The fourth-order valence-corrected chi connectivity index (χ4v) is 10.3. The van der Waals surface area contributed by atoms with Crippen LogP contribution in [-0.2, 0) is 5.41 Å². The Labute approximate surface area is 358 Å². The van der Waals surface area contributed by atoms with Crippen molar-refractivity contribution in [2.75, 3.05) is 0 Å². The minimum Gasteiger partial charge on any atom is -0.456 e. The van der Waals surface area contributed by atoms with Crippen LogP contribution >= 0.6 is 0 Å². The first-order valence-electron chi connectivity index (χ1n) is 21.1. The highest BCUT2D eigenvalue weighted by molar-refractivity contribution is 6.06. The van der Waals surface area contributed by atoms with Crippen molar-refractivity contribution in [2.45, 2.75) is 5.41 Å². The van der Waals surface area contributed by atoms with Crippen molar-refractivity contribution in [2.24, 2.45) is 0 Å². The highest BCUT2D eigenvalue weighted by atomic mass is 16.3. The number of hydrogen-bond acceptors (Lipinski definition) is 4. The molecule has 0 saturated carbocycles. The summed E-state index contributed by atoms with van der Waals surface area (Å²) >= 11 is 0. The Hall–Kier alpha value is -8.21. The van der Waals surface area contributed by atoms with Gasteiger partial charge in [0.2, 0.25) is 0 Å². The maximum absolute atomic E-state index is 6.24. The fourth-order valence-electron chi connectivity index (χ4n) is 10.3. The normalized spacial score (nSPS) is 13.0. The van der Waals surface area contributed by atoms with Gasteiger partial charge in [0.15, 0.2) is 17.5 Å². The molecule has 4 nitrogen and oxygen atoms in total. The van der Waals surface area contributed by atoms with Gasteiger partial charge < -0.3 is 4.42 Å². The van der Waals surface area contributed by atoms with Gasteiger partial charge in [-0.1, -0.05) is 188 Å². The van der Waals surface area contributed by atoms with E-state index in [9.17, 15) is 0 Å². The van der Waals surface area contributed by atoms with E-state index in [2.05, 4.69) is 182 Å². The van der Waals surface area contributed by atoms with Crippen LogP contribution in [0.15, 0.2) is 217 Å². The van der Waals surface area contributed by atoms with Crippen LogP contribution in [-0.4, -0.2) is 15.0 Å². The second-order valence-corrected chi connectivity index (χ2v) is 16.2. The molecule has 0 fully saturated rings. The van der Waals surface area contributed by atoms with Crippen molar-refractivity contribution in [3.05, 3.63) is 235 Å². The number of para-hydroxylation sites is 1. The summed E-state index contributed by atoms with van der Waals surface area (Å²) in [5.74, 6) is 1.83. The lowest BCUT2D eigenvalue weighted by Gasteiger charge is -2.35. The maximum atomic E-state index is 6.24. The third-order valence-corrected chi connectivity index (χ3v) is 13.0. The summed E-state index contributed by atoms with van der Waals surface area (Å²) < 4.78 is 6.24. The number of nitrogens with zero attached hydrogens (tertiary/aromatic N) is 3. The molecule has 1 spiro atoms. The lowest BCUT2D eigenvalue weighted by molar-refractivity contribution is 0.669. The number of benzene rings is 9. The Balaban J connectivity index is 1.08. The molecule has 0 N–H and O–H groups in total. The number of rotatable bonds is 4. The molecular weight excluding hydrogens is 755 g/mol. The van der Waals surface area contributed by atoms with E-state index in [4.69, 9.17) is 19.4 Å². The standard InChI is InChI=1S/C58H35N3O/c1-2-15-36(16-3-1)37-29-31-38(32-30-37)55-59-56(39-33-34-53-47(35-39)44-21-9-13-28-52(44)62-53)61-57(60-55)46-23-14-27-51-54(46)45-22-8-12-26-50(45)58(51)48-24-10-6-19-42(48)40-17-4-5-18-41(40)43-20-7-11-25-49(43)58/h1-35H. The molecule has 11 aromatic rings. The molecule has 0 saturated heterocycles. The average molecular weight is 790 g/mol. The molecule has 2 aliphatic carbocycles. The van der Waals surface area contributed by atoms with Crippen LogP contribution in [0.4, 0.5) is 0 Å². The van der Waals surface area contributed by atoms with Crippen LogP contribution in [0.2, 0.25) is 0 Å². The van der Waals surface area contributed by atoms with Gasteiger partial charge in [0, 0.05) is 27.5 Å². The fraction of sp³-hybridized carbons (Fsp3) is 0.0172. The van der Waals surface area contributed by atoms with Crippen molar-refractivity contribution >= 4 is 21.9 Å². The van der Waals surface area contributed by atoms with E-state index in [1.165, 1.54) is 50.1 Å². The van der Waals surface area contributed by atoms with Gasteiger partial charge in [0.25, 0.3) is 0 Å². The molecule has 0 radical (unpaired) electrons. The van der Waals surface area contributed by atoms with Crippen molar-refractivity contribution in [1.82, 2.24) is 15.0 Å². The topological polar surface area (TPSA) is 51.8 Å². The Morgan fingerprint density at radius 2 is 0.758 bits per heavy atom. The van der Waals surface area contributed by atoms with E-state index in [1.807, 2.05) is 30.3 Å². The number of furan rings is 1. The maximum Gasteiger partial charge on any atom is 0.164 e. The molecule has 4 heteroatoms. The summed E-state index contributed by atoms with van der Waals surface area (Å²) in [6, 6.07) is 75.9. The molecule has 0 amide bonds.